The molecule has 0 unspecified atom stereocenters. The average Bonchev–Trinajstić information content (AvgIpc) is 2.56. The number of alkyl halides is 3. The van der Waals surface area contributed by atoms with Gasteiger partial charge in [0, 0.05) is 12.3 Å². The number of piperidine rings is 1. The number of nitrogens with zero attached hydrogens (tertiary/aromatic N) is 1. The lowest BCUT2D eigenvalue weighted by molar-refractivity contribution is -0.137. The zero-order chi connectivity index (χ0) is 17.0. The first-order valence-corrected chi connectivity index (χ1v) is 8.01. The summed E-state index contributed by atoms with van der Waals surface area (Å²) in [6.07, 6.45) is -0.301. The van der Waals surface area contributed by atoms with Gasteiger partial charge in [-0.15, -0.1) is 12.4 Å². The number of halogens is 4. The van der Waals surface area contributed by atoms with Gasteiger partial charge in [-0.2, -0.15) is 13.2 Å². The smallest absolute Gasteiger partial charge is 0.417 e. The molecular weight excluding hydrogens is 353 g/mol. The van der Waals surface area contributed by atoms with Crippen molar-refractivity contribution < 1.29 is 17.9 Å². The Morgan fingerprint density at radius 1 is 1.12 bits per heavy atom. The minimum atomic E-state index is -4.39. The van der Waals surface area contributed by atoms with Gasteiger partial charge in [0.25, 0.3) is 0 Å². The SMILES string of the molecule is Cl.FC(F)(F)c1ccc(Oc2cccc(CC3CCNCC3)c2)nc1. The first-order chi connectivity index (χ1) is 11.5. The van der Waals surface area contributed by atoms with E-state index in [1.54, 1.807) is 6.07 Å². The molecule has 136 valence electrons. The molecule has 1 N–H and O–H groups in total. The Balaban J connectivity index is 0.00000225. The van der Waals surface area contributed by atoms with Crippen LogP contribution in [-0.2, 0) is 12.6 Å². The maximum absolute atomic E-state index is 12.5. The van der Waals surface area contributed by atoms with E-state index in [9.17, 15) is 13.2 Å². The lowest BCUT2D eigenvalue weighted by Crippen LogP contribution is -2.28. The monoisotopic (exact) mass is 372 g/mol. The quantitative estimate of drug-likeness (QED) is 0.832. The molecule has 1 saturated heterocycles. The van der Waals surface area contributed by atoms with E-state index < -0.39 is 11.7 Å². The van der Waals surface area contributed by atoms with Crippen LogP contribution >= 0.6 is 12.4 Å². The number of benzene rings is 1. The molecule has 1 aliphatic heterocycles. The minimum Gasteiger partial charge on any atom is -0.439 e. The third-order valence-electron chi connectivity index (χ3n) is 4.17. The molecule has 1 aliphatic rings. The van der Waals surface area contributed by atoms with Gasteiger partial charge in [-0.1, -0.05) is 12.1 Å². The van der Waals surface area contributed by atoms with Gasteiger partial charge in [0.2, 0.25) is 5.88 Å². The summed E-state index contributed by atoms with van der Waals surface area (Å²) in [5.74, 6) is 1.40. The molecular formula is C18H20ClF3N2O. The van der Waals surface area contributed by atoms with Gasteiger partial charge in [-0.3, -0.25) is 0 Å². The Morgan fingerprint density at radius 3 is 2.52 bits per heavy atom. The fourth-order valence-corrected chi connectivity index (χ4v) is 2.88. The van der Waals surface area contributed by atoms with Crippen LogP contribution in [-0.4, -0.2) is 18.1 Å². The number of nitrogens with one attached hydrogen (secondary N) is 1. The molecule has 1 aromatic carbocycles. The molecule has 2 heterocycles. The zero-order valence-corrected chi connectivity index (χ0v) is 14.4. The summed E-state index contributed by atoms with van der Waals surface area (Å²) in [7, 11) is 0. The number of rotatable bonds is 4. The molecule has 7 heteroatoms. The lowest BCUT2D eigenvalue weighted by Gasteiger charge is -2.22. The predicted octanol–water partition coefficient (Wildman–Crippen LogP) is 4.86. The van der Waals surface area contributed by atoms with Crippen LogP contribution in [0.15, 0.2) is 42.6 Å². The Morgan fingerprint density at radius 2 is 1.88 bits per heavy atom. The normalized spacial score (nSPS) is 15.5. The van der Waals surface area contributed by atoms with Crippen molar-refractivity contribution in [3.8, 4) is 11.6 Å². The van der Waals surface area contributed by atoms with Crippen molar-refractivity contribution in [3.05, 3.63) is 53.7 Å². The van der Waals surface area contributed by atoms with E-state index in [0.717, 1.165) is 44.6 Å². The minimum absolute atomic E-state index is 0. The summed E-state index contributed by atoms with van der Waals surface area (Å²) < 4.78 is 43.2. The molecule has 3 rings (SSSR count). The number of pyridine rings is 1. The second-order valence-corrected chi connectivity index (χ2v) is 6.03. The first kappa shape index (κ1) is 19.5. The molecule has 0 bridgehead atoms. The third-order valence-corrected chi connectivity index (χ3v) is 4.17. The van der Waals surface area contributed by atoms with Crippen LogP contribution in [0.25, 0.3) is 0 Å². The Labute approximate surface area is 151 Å². The van der Waals surface area contributed by atoms with Crippen molar-refractivity contribution in [1.29, 1.82) is 0 Å². The van der Waals surface area contributed by atoms with E-state index in [1.807, 2.05) is 12.1 Å². The van der Waals surface area contributed by atoms with Crippen molar-refractivity contribution in [1.82, 2.24) is 10.3 Å². The standard InChI is InChI=1S/C18H19F3N2O.ClH/c19-18(20,21)15-4-5-17(23-12-15)24-16-3-1-2-14(11-16)10-13-6-8-22-9-7-13;/h1-5,11-13,22H,6-10H2;1H. The van der Waals surface area contributed by atoms with Gasteiger partial charge >= 0.3 is 6.18 Å². The van der Waals surface area contributed by atoms with Crippen LogP contribution in [0.2, 0.25) is 0 Å². The number of hydrogen-bond acceptors (Lipinski definition) is 3. The Bertz CT molecular complexity index is 671. The van der Waals surface area contributed by atoms with Crippen LogP contribution < -0.4 is 10.1 Å². The van der Waals surface area contributed by atoms with E-state index in [1.165, 1.54) is 11.6 Å². The fourth-order valence-electron chi connectivity index (χ4n) is 2.88. The van der Waals surface area contributed by atoms with Crippen molar-refractivity contribution >= 4 is 12.4 Å². The average molecular weight is 373 g/mol. The van der Waals surface area contributed by atoms with Crippen LogP contribution in [0.4, 0.5) is 13.2 Å². The maximum Gasteiger partial charge on any atom is 0.417 e. The first-order valence-electron chi connectivity index (χ1n) is 8.01. The van der Waals surface area contributed by atoms with Gasteiger partial charge in [-0.25, -0.2) is 4.98 Å². The van der Waals surface area contributed by atoms with Crippen molar-refractivity contribution in [3.63, 3.8) is 0 Å². The van der Waals surface area contributed by atoms with Crippen LogP contribution in [0, 0.1) is 5.92 Å². The molecule has 0 spiro atoms. The molecule has 0 amide bonds. The molecule has 0 atom stereocenters. The largest absolute Gasteiger partial charge is 0.439 e. The predicted molar refractivity (Wildman–Crippen MR) is 92.3 cm³/mol. The maximum atomic E-state index is 12.5. The molecule has 25 heavy (non-hydrogen) atoms. The van der Waals surface area contributed by atoms with Gasteiger partial charge in [0.1, 0.15) is 5.75 Å². The fraction of sp³-hybridized carbons (Fsp3) is 0.389. The van der Waals surface area contributed by atoms with E-state index >= 15 is 0 Å². The van der Waals surface area contributed by atoms with Crippen LogP contribution in [0.5, 0.6) is 11.6 Å². The second-order valence-electron chi connectivity index (χ2n) is 6.03. The molecule has 1 fully saturated rings. The van der Waals surface area contributed by atoms with Crippen molar-refractivity contribution in [2.75, 3.05) is 13.1 Å². The Kier molecular flexibility index (Phi) is 6.67. The van der Waals surface area contributed by atoms with Gasteiger partial charge in [0.15, 0.2) is 0 Å². The summed E-state index contributed by atoms with van der Waals surface area (Å²) in [6, 6.07) is 9.88. The van der Waals surface area contributed by atoms with E-state index in [-0.39, 0.29) is 18.3 Å². The zero-order valence-electron chi connectivity index (χ0n) is 13.6. The summed E-state index contributed by atoms with van der Waals surface area (Å²) >= 11 is 0. The van der Waals surface area contributed by atoms with E-state index in [4.69, 9.17) is 4.74 Å². The van der Waals surface area contributed by atoms with Crippen LogP contribution in [0.1, 0.15) is 24.0 Å². The second kappa shape index (κ2) is 8.54. The topological polar surface area (TPSA) is 34.1 Å². The van der Waals surface area contributed by atoms with Gasteiger partial charge < -0.3 is 10.1 Å². The third kappa shape index (κ3) is 5.61. The highest BCUT2D eigenvalue weighted by atomic mass is 35.5. The summed E-state index contributed by atoms with van der Waals surface area (Å²) in [4.78, 5) is 3.74. The molecule has 1 aromatic heterocycles. The molecule has 0 saturated carbocycles. The Hall–Kier alpha value is -1.79. The van der Waals surface area contributed by atoms with Crippen molar-refractivity contribution in [2.24, 2.45) is 5.92 Å². The van der Waals surface area contributed by atoms with Crippen LogP contribution in [0.3, 0.4) is 0 Å². The lowest BCUT2D eigenvalue weighted by atomic mass is 9.91. The molecule has 0 aliphatic carbocycles. The highest BCUT2D eigenvalue weighted by molar-refractivity contribution is 5.85. The molecule has 3 nitrogen and oxygen atoms in total. The number of ether oxygens (including phenoxy) is 1. The summed E-state index contributed by atoms with van der Waals surface area (Å²) in [6.45, 7) is 2.10. The molecule has 2 aromatic rings. The summed E-state index contributed by atoms with van der Waals surface area (Å²) in [5, 5.41) is 3.35. The highest BCUT2D eigenvalue weighted by Gasteiger charge is 2.30. The van der Waals surface area contributed by atoms with E-state index in [0.29, 0.717) is 11.7 Å². The van der Waals surface area contributed by atoms with Crippen molar-refractivity contribution in [2.45, 2.75) is 25.4 Å². The van der Waals surface area contributed by atoms with Gasteiger partial charge in [0.05, 0.1) is 5.56 Å². The molecule has 0 radical (unpaired) electrons. The summed E-state index contributed by atoms with van der Waals surface area (Å²) in [5.41, 5.74) is 0.390. The number of hydrogen-bond donors (Lipinski definition) is 1. The number of aromatic nitrogens is 1. The van der Waals surface area contributed by atoms with E-state index in [2.05, 4.69) is 16.4 Å². The highest BCUT2D eigenvalue weighted by Crippen LogP contribution is 2.30. The van der Waals surface area contributed by atoms with Gasteiger partial charge in [-0.05, 0) is 62.0 Å².